The Morgan fingerprint density at radius 3 is 2.29 bits per heavy atom. The Kier molecular flexibility index (Phi) is 10.5. The van der Waals surface area contributed by atoms with Crippen LogP contribution < -0.4 is 10.6 Å². The van der Waals surface area contributed by atoms with Gasteiger partial charge in [0, 0.05) is 39.3 Å². The van der Waals surface area contributed by atoms with Crippen molar-refractivity contribution in [2.45, 2.75) is 45.5 Å². The molecule has 1 saturated heterocycles. The molecule has 11 heteroatoms. The van der Waals surface area contributed by atoms with E-state index in [1.165, 1.54) is 0 Å². The number of rotatable bonds is 10. The van der Waals surface area contributed by atoms with Crippen molar-refractivity contribution in [2.24, 2.45) is 10.9 Å². The molecule has 1 rings (SSSR count). The van der Waals surface area contributed by atoms with Crippen molar-refractivity contribution in [3.63, 3.8) is 0 Å². The first kappa shape index (κ1) is 25.0. The highest BCUT2D eigenvalue weighted by Crippen LogP contribution is 2.30. The van der Waals surface area contributed by atoms with Crippen LogP contribution in [0.15, 0.2) is 4.99 Å². The Labute approximate surface area is 166 Å². The third kappa shape index (κ3) is 7.75. The van der Waals surface area contributed by atoms with Crippen LogP contribution in [0.1, 0.15) is 40.0 Å². The fraction of sp³-hybridized carbons (Fsp3) is 0.941. The molecule has 1 heterocycles. The van der Waals surface area contributed by atoms with E-state index in [2.05, 4.69) is 34.4 Å². The summed E-state index contributed by atoms with van der Waals surface area (Å²) < 4.78 is 61.3. The summed E-state index contributed by atoms with van der Waals surface area (Å²) in [5.41, 5.74) is -5.23. The Bertz CT molecular complexity index is 576. The molecule has 0 amide bonds. The van der Waals surface area contributed by atoms with E-state index in [1.54, 1.807) is 0 Å². The number of nitrogens with one attached hydrogen (secondary N) is 2. The molecule has 166 valence electrons. The quantitative estimate of drug-likeness (QED) is 0.409. The molecule has 1 aliphatic heterocycles. The van der Waals surface area contributed by atoms with Crippen LogP contribution in [0, 0.1) is 5.92 Å². The van der Waals surface area contributed by atoms with Gasteiger partial charge in [-0.1, -0.05) is 13.8 Å². The minimum atomic E-state index is -5.23. The Morgan fingerprint density at radius 1 is 1.14 bits per heavy atom. The maximum absolute atomic E-state index is 12.6. The van der Waals surface area contributed by atoms with Crippen LogP contribution in [0.2, 0.25) is 0 Å². The standard InChI is InChI=1S/C17H34F3N5O2S/c1-4-10-24(6-3)13-9-22-16(21-5-2)23-14-15-7-11-25(12-8-15)28(26,27)17(18,19)20/h15H,4-14H2,1-3H3,(H2,21,22,23). The molecule has 2 N–H and O–H groups in total. The number of aliphatic imine (C=N–C) groups is 1. The summed E-state index contributed by atoms with van der Waals surface area (Å²) >= 11 is 0. The minimum Gasteiger partial charge on any atom is -0.357 e. The smallest absolute Gasteiger partial charge is 0.357 e. The lowest BCUT2D eigenvalue weighted by Gasteiger charge is -2.31. The fourth-order valence-corrected chi connectivity index (χ4v) is 4.10. The summed E-state index contributed by atoms with van der Waals surface area (Å²) in [5.74, 6) is 0.753. The third-order valence-corrected chi connectivity index (χ3v) is 6.40. The van der Waals surface area contributed by atoms with Crippen LogP contribution in [-0.4, -0.2) is 81.4 Å². The molecule has 0 aromatic rings. The summed E-state index contributed by atoms with van der Waals surface area (Å²) in [7, 11) is -5.22. The summed E-state index contributed by atoms with van der Waals surface area (Å²) in [6, 6.07) is 0. The number of hydrogen-bond acceptors (Lipinski definition) is 4. The predicted molar refractivity (Wildman–Crippen MR) is 106 cm³/mol. The van der Waals surface area contributed by atoms with Gasteiger partial charge in [-0.15, -0.1) is 0 Å². The first-order valence-electron chi connectivity index (χ1n) is 9.96. The van der Waals surface area contributed by atoms with Crippen LogP contribution in [-0.2, 0) is 10.0 Å². The predicted octanol–water partition coefficient (Wildman–Crippen LogP) is 1.84. The first-order chi connectivity index (χ1) is 13.2. The second kappa shape index (κ2) is 11.8. The highest BCUT2D eigenvalue weighted by molar-refractivity contribution is 7.90. The highest BCUT2D eigenvalue weighted by atomic mass is 32.2. The maximum Gasteiger partial charge on any atom is 0.511 e. The van der Waals surface area contributed by atoms with Crippen molar-refractivity contribution < 1.29 is 21.6 Å². The third-order valence-electron chi connectivity index (χ3n) is 4.77. The molecule has 0 aliphatic carbocycles. The number of sulfonamides is 1. The Morgan fingerprint density at radius 2 is 1.79 bits per heavy atom. The molecule has 28 heavy (non-hydrogen) atoms. The van der Waals surface area contributed by atoms with Crippen molar-refractivity contribution in [3.8, 4) is 0 Å². The van der Waals surface area contributed by atoms with Gasteiger partial charge < -0.3 is 15.5 Å². The lowest BCUT2D eigenvalue weighted by Crippen LogP contribution is -2.45. The first-order valence-corrected chi connectivity index (χ1v) is 11.4. The minimum absolute atomic E-state index is 0.0716. The van der Waals surface area contributed by atoms with Crippen LogP contribution >= 0.6 is 0 Å². The van der Waals surface area contributed by atoms with Gasteiger partial charge in [0.1, 0.15) is 0 Å². The summed E-state index contributed by atoms with van der Waals surface area (Å²) in [5, 5.41) is 6.44. The zero-order chi connectivity index (χ0) is 21.2. The van der Waals surface area contributed by atoms with Gasteiger partial charge in [0.2, 0.25) is 0 Å². The highest BCUT2D eigenvalue weighted by Gasteiger charge is 2.50. The number of nitrogens with zero attached hydrogens (tertiary/aromatic N) is 3. The molecule has 1 fully saturated rings. The molecule has 0 aromatic carbocycles. The van der Waals surface area contributed by atoms with Crippen LogP contribution in [0.3, 0.4) is 0 Å². The van der Waals surface area contributed by atoms with E-state index in [9.17, 15) is 21.6 Å². The summed E-state index contributed by atoms with van der Waals surface area (Å²) in [6.07, 6.45) is 1.85. The van der Waals surface area contributed by atoms with Crippen molar-refractivity contribution >= 4 is 16.0 Å². The van der Waals surface area contributed by atoms with Gasteiger partial charge in [-0.2, -0.15) is 17.5 Å². The monoisotopic (exact) mass is 429 g/mol. The second-order valence-electron chi connectivity index (χ2n) is 6.87. The number of alkyl halides is 3. The van der Waals surface area contributed by atoms with E-state index in [-0.39, 0.29) is 19.0 Å². The van der Waals surface area contributed by atoms with Crippen molar-refractivity contribution in [1.29, 1.82) is 0 Å². The van der Waals surface area contributed by atoms with Gasteiger partial charge in [0.05, 0.1) is 0 Å². The molecule has 0 aromatic heterocycles. The molecule has 0 spiro atoms. The lowest BCUT2D eigenvalue weighted by atomic mass is 9.98. The van der Waals surface area contributed by atoms with Gasteiger partial charge in [0.25, 0.3) is 0 Å². The van der Waals surface area contributed by atoms with E-state index < -0.39 is 15.5 Å². The van der Waals surface area contributed by atoms with E-state index in [1.807, 2.05) is 6.92 Å². The lowest BCUT2D eigenvalue weighted by molar-refractivity contribution is -0.0496. The van der Waals surface area contributed by atoms with Crippen molar-refractivity contribution in [1.82, 2.24) is 19.8 Å². The van der Waals surface area contributed by atoms with E-state index in [0.29, 0.717) is 36.2 Å². The Balaban J connectivity index is 2.49. The van der Waals surface area contributed by atoms with E-state index in [0.717, 1.165) is 32.6 Å². The van der Waals surface area contributed by atoms with Gasteiger partial charge >= 0.3 is 15.5 Å². The average molecular weight is 430 g/mol. The molecular weight excluding hydrogens is 395 g/mol. The van der Waals surface area contributed by atoms with Crippen LogP contribution in [0.4, 0.5) is 13.2 Å². The molecule has 0 bridgehead atoms. The Hall–Kier alpha value is -1.07. The topological polar surface area (TPSA) is 77.0 Å². The fourth-order valence-electron chi connectivity index (χ4n) is 3.12. The number of halogens is 3. The average Bonchev–Trinajstić information content (AvgIpc) is 2.64. The zero-order valence-corrected chi connectivity index (χ0v) is 17.9. The molecule has 0 saturated carbocycles. The van der Waals surface area contributed by atoms with Gasteiger partial charge in [-0.25, -0.2) is 8.42 Å². The maximum atomic E-state index is 12.6. The molecular formula is C17H34F3N5O2S. The summed E-state index contributed by atoms with van der Waals surface area (Å²) in [6.45, 7) is 10.9. The number of hydrogen-bond donors (Lipinski definition) is 2. The van der Waals surface area contributed by atoms with Crippen molar-refractivity contribution in [3.05, 3.63) is 0 Å². The normalized spacial score (nSPS) is 17.9. The van der Waals surface area contributed by atoms with E-state index >= 15 is 0 Å². The molecule has 1 aliphatic rings. The largest absolute Gasteiger partial charge is 0.511 e. The van der Waals surface area contributed by atoms with E-state index in [4.69, 9.17) is 0 Å². The number of likely N-dealkylation sites (N-methyl/N-ethyl adjacent to an activating group) is 1. The number of piperidine rings is 1. The van der Waals surface area contributed by atoms with Crippen LogP contribution in [0.5, 0.6) is 0 Å². The van der Waals surface area contributed by atoms with Crippen LogP contribution in [0.25, 0.3) is 0 Å². The molecule has 0 unspecified atom stereocenters. The summed E-state index contributed by atoms with van der Waals surface area (Å²) in [4.78, 5) is 6.87. The molecule has 7 nitrogen and oxygen atoms in total. The SMILES string of the molecule is CCCN(CC)CCNC(=NCC1CCN(S(=O)(=O)C(F)(F)F)CC1)NCC. The van der Waals surface area contributed by atoms with Gasteiger partial charge in [-0.05, 0) is 45.2 Å². The van der Waals surface area contributed by atoms with Gasteiger partial charge in [0.15, 0.2) is 5.96 Å². The van der Waals surface area contributed by atoms with Gasteiger partial charge in [-0.3, -0.25) is 4.99 Å². The van der Waals surface area contributed by atoms with Crippen molar-refractivity contribution in [2.75, 3.05) is 52.4 Å². The second-order valence-corrected chi connectivity index (χ2v) is 8.80. The number of guanidine groups is 1. The zero-order valence-electron chi connectivity index (χ0n) is 17.1. The molecule has 0 radical (unpaired) electrons. The molecule has 0 atom stereocenters.